The summed E-state index contributed by atoms with van der Waals surface area (Å²) < 4.78 is 15.0. The van der Waals surface area contributed by atoms with E-state index in [1.807, 2.05) is 18.2 Å². The molecule has 1 amide bonds. The molecule has 0 radical (unpaired) electrons. The monoisotopic (exact) mass is 403 g/mol. The first-order valence-corrected chi connectivity index (χ1v) is 10.1. The lowest BCUT2D eigenvalue weighted by atomic mass is 9.97. The van der Waals surface area contributed by atoms with Gasteiger partial charge in [0.2, 0.25) is 0 Å². The number of aromatic nitrogens is 1. The SMILES string of the molecule is O=C(NCC1CCN(c2nc3ccccc3s2)CC1)c1c(F)cccc1Cl. The summed E-state index contributed by atoms with van der Waals surface area (Å²) in [4.78, 5) is 19.3. The van der Waals surface area contributed by atoms with Gasteiger partial charge in [0.05, 0.1) is 20.8 Å². The number of para-hydroxylation sites is 1. The van der Waals surface area contributed by atoms with E-state index in [9.17, 15) is 9.18 Å². The highest BCUT2D eigenvalue weighted by Crippen LogP contribution is 2.31. The number of hydrogen-bond donors (Lipinski definition) is 1. The predicted molar refractivity (Wildman–Crippen MR) is 108 cm³/mol. The molecule has 1 N–H and O–H groups in total. The number of anilines is 1. The quantitative estimate of drug-likeness (QED) is 0.684. The van der Waals surface area contributed by atoms with Gasteiger partial charge in [0.15, 0.2) is 5.13 Å². The molecule has 4 nitrogen and oxygen atoms in total. The fourth-order valence-corrected chi connectivity index (χ4v) is 4.63. The number of halogens is 2. The average Bonchev–Trinajstić information content (AvgIpc) is 3.11. The number of carbonyl (C=O) groups excluding carboxylic acids is 1. The van der Waals surface area contributed by atoms with Crippen molar-refractivity contribution in [1.29, 1.82) is 0 Å². The Hall–Kier alpha value is -2.18. The maximum atomic E-state index is 13.8. The van der Waals surface area contributed by atoms with Crippen molar-refractivity contribution in [3.05, 3.63) is 58.9 Å². The van der Waals surface area contributed by atoms with Crippen LogP contribution >= 0.6 is 22.9 Å². The maximum absolute atomic E-state index is 13.8. The Morgan fingerprint density at radius 3 is 2.74 bits per heavy atom. The standard InChI is InChI=1S/C20H19ClFN3OS/c21-14-4-3-5-15(22)18(14)19(26)23-12-13-8-10-25(11-9-13)20-24-16-6-1-2-7-17(16)27-20/h1-7,13H,8-12H2,(H,23,26). The minimum Gasteiger partial charge on any atom is -0.352 e. The first-order chi connectivity index (χ1) is 13.1. The molecule has 0 atom stereocenters. The second-order valence-corrected chi connectivity index (χ2v) is 8.12. The fourth-order valence-electron chi connectivity index (χ4n) is 3.36. The third-order valence-corrected chi connectivity index (χ3v) is 6.32. The smallest absolute Gasteiger partial charge is 0.255 e. The summed E-state index contributed by atoms with van der Waals surface area (Å²) in [6, 6.07) is 12.4. The number of thiazole rings is 1. The molecule has 7 heteroatoms. The number of nitrogens with one attached hydrogen (secondary N) is 1. The van der Waals surface area contributed by atoms with Gasteiger partial charge in [0, 0.05) is 19.6 Å². The molecule has 3 aromatic rings. The predicted octanol–water partition coefficient (Wildman–Crippen LogP) is 4.74. The number of piperidine rings is 1. The van der Waals surface area contributed by atoms with E-state index in [1.165, 1.54) is 22.9 Å². The Kier molecular flexibility index (Phi) is 5.27. The van der Waals surface area contributed by atoms with Gasteiger partial charge in [-0.1, -0.05) is 41.1 Å². The van der Waals surface area contributed by atoms with Gasteiger partial charge >= 0.3 is 0 Å². The van der Waals surface area contributed by atoms with E-state index < -0.39 is 11.7 Å². The third-order valence-electron chi connectivity index (χ3n) is 4.91. The molecular formula is C20H19ClFN3OS. The first kappa shape index (κ1) is 18.2. The fraction of sp³-hybridized carbons (Fsp3) is 0.300. The Morgan fingerprint density at radius 1 is 1.22 bits per heavy atom. The highest BCUT2D eigenvalue weighted by Gasteiger charge is 2.23. The Balaban J connectivity index is 1.32. The van der Waals surface area contributed by atoms with E-state index >= 15 is 0 Å². The van der Waals surface area contributed by atoms with Crippen LogP contribution in [0.4, 0.5) is 9.52 Å². The maximum Gasteiger partial charge on any atom is 0.255 e. The summed E-state index contributed by atoms with van der Waals surface area (Å²) in [5, 5.41) is 4.02. The van der Waals surface area contributed by atoms with Crippen molar-refractivity contribution in [1.82, 2.24) is 10.3 Å². The largest absolute Gasteiger partial charge is 0.352 e. The summed E-state index contributed by atoms with van der Waals surface area (Å²) >= 11 is 7.67. The van der Waals surface area contributed by atoms with Crippen LogP contribution in [0.25, 0.3) is 10.2 Å². The van der Waals surface area contributed by atoms with Crippen molar-refractivity contribution in [2.45, 2.75) is 12.8 Å². The topological polar surface area (TPSA) is 45.2 Å². The number of benzene rings is 2. The highest BCUT2D eigenvalue weighted by molar-refractivity contribution is 7.22. The van der Waals surface area contributed by atoms with Crippen molar-refractivity contribution in [2.75, 3.05) is 24.5 Å². The normalized spacial score (nSPS) is 15.3. The van der Waals surface area contributed by atoms with Gasteiger partial charge in [-0.25, -0.2) is 9.37 Å². The van der Waals surface area contributed by atoms with Crippen molar-refractivity contribution >= 4 is 44.2 Å². The first-order valence-electron chi connectivity index (χ1n) is 8.94. The van der Waals surface area contributed by atoms with Crippen LogP contribution < -0.4 is 10.2 Å². The Morgan fingerprint density at radius 2 is 2.00 bits per heavy atom. The second kappa shape index (κ2) is 7.82. The molecule has 27 heavy (non-hydrogen) atoms. The zero-order chi connectivity index (χ0) is 18.8. The molecule has 1 fully saturated rings. The summed E-state index contributed by atoms with van der Waals surface area (Å²) in [7, 11) is 0. The van der Waals surface area contributed by atoms with E-state index in [4.69, 9.17) is 16.6 Å². The lowest BCUT2D eigenvalue weighted by Crippen LogP contribution is -2.38. The summed E-state index contributed by atoms with van der Waals surface area (Å²) in [5.74, 6) is -0.678. The van der Waals surface area contributed by atoms with E-state index in [0.717, 1.165) is 36.6 Å². The van der Waals surface area contributed by atoms with Gasteiger partial charge in [-0.3, -0.25) is 4.79 Å². The molecule has 0 spiro atoms. The van der Waals surface area contributed by atoms with Crippen molar-refractivity contribution in [3.63, 3.8) is 0 Å². The van der Waals surface area contributed by atoms with Gasteiger partial charge in [-0.2, -0.15) is 0 Å². The lowest BCUT2D eigenvalue weighted by Gasteiger charge is -2.31. The van der Waals surface area contributed by atoms with Crippen molar-refractivity contribution < 1.29 is 9.18 Å². The summed E-state index contributed by atoms with van der Waals surface area (Å²) in [6.07, 6.45) is 1.92. The van der Waals surface area contributed by atoms with Crippen LogP contribution in [-0.2, 0) is 0 Å². The number of carbonyl (C=O) groups is 1. The summed E-state index contributed by atoms with van der Waals surface area (Å²) in [6.45, 7) is 2.33. The second-order valence-electron chi connectivity index (χ2n) is 6.70. The van der Waals surface area contributed by atoms with Gasteiger partial charge < -0.3 is 10.2 Å². The van der Waals surface area contributed by atoms with Gasteiger partial charge in [-0.05, 0) is 43.0 Å². The molecule has 140 valence electrons. The van der Waals surface area contributed by atoms with E-state index in [2.05, 4.69) is 16.3 Å². The van der Waals surface area contributed by atoms with Gasteiger partial charge in [0.25, 0.3) is 5.91 Å². The molecule has 0 bridgehead atoms. The molecule has 2 heterocycles. The molecule has 1 aliphatic heterocycles. The molecule has 0 aliphatic carbocycles. The molecule has 1 aliphatic rings. The molecule has 4 rings (SSSR count). The lowest BCUT2D eigenvalue weighted by molar-refractivity contribution is 0.0941. The zero-order valence-corrected chi connectivity index (χ0v) is 16.2. The van der Waals surface area contributed by atoms with E-state index in [0.29, 0.717) is 12.5 Å². The van der Waals surface area contributed by atoms with Gasteiger partial charge in [0.1, 0.15) is 5.82 Å². The highest BCUT2D eigenvalue weighted by atomic mass is 35.5. The number of hydrogen-bond acceptors (Lipinski definition) is 4. The molecule has 0 unspecified atom stereocenters. The van der Waals surface area contributed by atoms with E-state index in [-0.39, 0.29) is 10.6 Å². The van der Waals surface area contributed by atoms with Crippen LogP contribution in [0.1, 0.15) is 23.2 Å². The van der Waals surface area contributed by atoms with Crippen molar-refractivity contribution in [2.24, 2.45) is 5.92 Å². The number of nitrogens with zero attached hydrogens (tertiary/aromatic N) is 2. The minimum atomic E-state index is -0.592. The van der Waals surface area contributed by atoms with Crippen LogP contribution in [0.5, 0.6) is 0 Å². The van der Waals surface area contributed by atoms with Crippen LogP contribution in [0.15, 0.2) is 42.5 Å². The molecule has 1 aromatic heterocycles. The number of rotatable bonds is 4. The van der Waals surface area contributed by atoms with Crippen molar-refractivity contribution in [3.8, 4) is 0 Å². The third kappa shape index (κ3) is 3.92. The van der Waals surface area contributed by atoms with Crippen LogP contribution in [0.2, 0.25) is 5.02 Å². The van der Waals surface area contributed by atoms with E-state index in [1.54, 1.807) is 11.3 Å². The number of amides is 1. The average molecular weight is 404 g/mol. The van der Waals surface area contributed by atoms with Crippen LogP contribution in [0, 0.1) is 11.7 Å². The molecule has 2 aromatic carbocycles. The molecular weight excluding hydrogens is 385 g/mol. The zero-order valence-electron chi connectivity index (χ0n) is 14.6. The number of fused-ring (bicyclic) bond motifs is 1. The molecule has 0 saturated carbocycles. The Labute approximate surface area is 166 Å². The summed E-state index contributed by atoms with van der Waals surface area (Å²) in [5.41, 5.74) is 0.958. The minimum absolute atomic E-state index is 0.0777. The Bertz CT molecular complexity index is 916. The van der Waals surface area contributed by atoms with Gasteiger partial charge in [-0.15, -0.1) is 0 Å². The van der Waals surface area contributed by atoms with Crippen LogP contribution in [0.3, 0.4) is 0 Å². The molecule has 1 saturated heterocycles. The van der Waals surface area contributed by atoms with Crippen LogP contribution in [-0.4, -0.2) is 30.5 Å².